The Morgan fingerprint density at radius 3 is 2.89 bits per heavy atom. The average Bonchev–Trinajstić information content (AvgIpc) is 2.91. The fourth-order valence-electron chi connectivity index (χ4n) is 5.09. The minimum Gasteiger partial charge on any atom is -0.497 e. The third-order valence-corrected chi connectivity index (χ3v) is 8.01. The first kappa shape index (κ1) is 26.3. The van der Waals surface area contributed by atoms with E-state index in [0.29, 0.717) is 30.1 Å². The second-order valence-corrected chi connectivity index (χ2v) is 10.5. The Hall–Kier alpha value is -2.78. The Labute approximate surface area is 215 Å². The SMILES string of the molecule is COc1ccc2nccc([C@@H](F)CCC3CCN(CCSc4ccnnc4)CC3CCC(=O)O)c2c1. The van der Waals surface area contributed by atoms with Gasteiger partial charge in [-0.25, -0.2) is 4.39 Å². The third kappa shape index (κ3) is 7.13. The van der Waals surface area contributed by atoms with Crippen LogP contribution < -0.4 is 4.74 Å². The number of aromatic nitrogens is 3. The number of ether oxygens (including phenoxy) is 1. The lowest BCUT2D eigenvalue weighted by Crippen LogP contribution is -2.41. The first-order valence-electron chi connectivity index (χ1n) is 12.4. The van der Waals surface area contributed by atoms with Gasteiger partial charge >= 0.3 is 5.97 Å². The number of likely N-dealkylation sites (tertiary alicyclic amines) is 1. The molecule has 9 heteroatoms. The molecule has 0 amide bonds. The van der Waals surface area contributed by atoms with Gasteiger partial charge in [-0.15, -0.1) is 11.8 Å². The van der Waals surface area contributed by atoms with Crippen molar-refractivity contribution in [2.45, 2.75) is 43.2 Å². The van der Waals surface area contributed by atoms with Gasteiger partial charge in [-0.1, -0.05) is 0 Å². The van der Waals surface area contributed by atoms with Crippen molar-refractivity contribution in [1.29, 1.82) is 0 Å². The molecule has 0 radical (unpaired) electrons. The number of carboxylic acids is 1. The van der Waals surface area contributed by atoms with Crippen LogP contribution in [0.15, 0.2) is 53.8 Å². The first-order valence-corrected chi connectivity index (χ1v) is 13.4. The van der Waals surface area contributed by atoms with E-state index in [1.807, 2.05) is 24.3 Å². The zero-order valence-electron chi connectivity index (χ0n) is 20.6. The van der Waals surface area contributed by atoms with Crippen molar-refractivity contribution < 1.29 is 19.0 Å². The number of carbonyl (C=O) groups is 1. The number of fused-ring (bicyclic) bond motifs is 1. The molecule has 0 saturated carbocycles. The zero-order valence-corrected chi connectivity index (χ0v) is 21.4. The van der Waals surface area contributed by atoms with E-state index >= 15 is 4.39 Å². The first-order chi connectivity index (χ1) is 17.5. The van der Waals surface area contributed by atoms with E-state index in [9.17, 15) is 9.90 Å². The number of halogens is 1. The molecule has 1 N–H and O–H groups in total. The van der Waals surface area contributed by atoms with Gasteiger partial charge in [-0.05, 0) is 80.0 Å². The minimum atomic E-state index is -1.11. The smallest absolute Gasteiger partial charge is 0.303 e. The third-order valence-electron chi connectivity index (χ3n) is 7.05. The van der Waals surface area contributed by atoms with Gasteiger partial charge < -0.3 is 14.7 Å². The molecule has 1 saturated heterocycles. The van der Waals surface area contributed by atoms with Crippen molar-refractivity contribution in [3.05, 3.63) is 54.5 Å². The van der Waals surface area contributed by atoms with Crippen LogP contribution in [0.2, 0.25) is 0 Å². The molecule has 1 fully saturated rings. The molecule has 1 aromatic carbocycles. The van der Waals surface area contributed by atoms with E-state index in [0.717, 1.165) is 54.0 Å². The molecule has 1 aliphatic rings. The van der Waals surface area contributed by atoms with Crippen molar-refractivity contribution in [2.75, 3.05) is 32.5 Å². The average molecular weight is 513 g/mol. The maximum atomic E-state index is 15.5. The van der Waals surface area contributed by atoms with Crippen LogP contribution >= 0.6 is 11.8 Å². The van der Waals surface area contributed by atoms with Crippen LogP contribution in [0.1, 0.15) is 43.8 Å². The lowest BCUT2D eigenvalue weighted by molar-refractivity contribution is -0.137. The molecule has 3 atom stereocenters. The zero-order chi connectivity index (χ0) is 25.3. The fourth-order valence-corrected chi connectivity index (χ4v) is 5.96. The van der Waals surface area contributed by atoms with Crippen LogP contribution in [0.5, 0.6) is 5.75 Å². The fraction of sp³-hybridized carbons (Fsp3) is 0.481. The molecule has 1 aliphatic heterocycles. The largest absolute Gasteiger partial charge is 0.497 e. The van der Waals surface area contributed by atoms with Gasteiger partial charge in [0.1, 0.15) is 11.9 Å². The van der Waals surface area contributed by atoms with Crippen molar-refractivity contribution in [3.8, 4) is 5.75 Å². The molecular weight excluding hydrogens is 479 g/mol. The Kier molecular flexibility index (Phi) is 9.47. The second kappa shape index (κ2) is 13.0. The second-order valence-electron chi connectivity index (χ2n) is 9.30. The van der Waals surface area contributed by atoms with Crippen LogP contribution in [-0.2, 0) is 4.79 Å². The summed E-state index contributed by atoms with van der Waals surface area (Å²) in [5.74, 6) is 1.42. The number of hydrogen-bond acceptors (Lipinski definition) is 7. The monoisotopic (exact) mass is 512 g/mol. The maximum absolute atomic E-state index is 15.5. The predicted octanol–water partition coefficient (Wildman–Crippen LogP) is 5.42. The van der Waals surface area contributed by atoms with Gasteiger partial charge in [0.15, 0.2) is 0 Å². The highest BCUT2D eigenvalue weighted by Gasteiger charge is 2.30. The lowest BCUT2D eigenvalue weighted by Gasteiger charge is -2.39. The number of thioether (sulfide) groups is 1. The molecule has 4 rings (SSSR count). The summed E-state index contributed by atoms with van der Waals surface area (Å²) in [6.45, 7) is 2.75. The van der Waals surface area contributed by atoms with E-state index in [1.165, 1.54) is 0 Å². The highest BCUT2D eigenvalue weighted by Crippen LogP contribution is 2.36. The van der Waals surface area contributed by atoms with E-state index in [1.54, 1.807) is 43.5 Å². The van der Waals surface area contributed by atoms with Crippen LogP contribution in [0.25, 0.3) is 10.9 Å². The maximum Gasteiger partial charge on any atom is 0.303 e. The number of carboxylic acid groups (broad SMARTS) is 1. The highest BCUT2D eigenvalue weighted by atomic mass is 32.2. The van der Waals surface area contributed by atoms with E-state index in [2.05, 4.69) is 20.1 Å². The number of hydrogen-bond donors (Lipinski definition) is 1. The van der Waals surface area contributed by atoms with E-state index < -0.39 is 12.1 Å². The molecular formula is C27H33FN4O3S. The summed E-state index contributed by atoms with van der Waals surface area (Å²) in [4.78, 5) is 19.2. The van der Waals surface area contributed by atoms with Gasteiger partial charge in [0.05, 0.1) is 25.0 Å². The lowest BCUT2D eigenvalue weighted by atomic mass is 9.79. The number of aliphatic carboxylic acids is 1. The summed E-state index contributed by atoms with van der Waals surface area (Å²) in [5, 5.41) is 17.8. The molecule has 7 nitrogen and oxygen atoms in total. The molecule has 2 aromatic heterocycles. The Morgan fingerprint density at radius 1 is 1.22 bits per heavy atom. The Bertz CT molecular complexity index is 1140. The highest BCUT2D eigenvalue weighted by molar-refractivity contribution is 7.99. The molecule has 0 aliphatic carbocycles. The normalized spacial score (nSPS) is 19.3. The van der Waals surface area contributed by atoms with E-state index in [-0.39, 0.29) is 12.3 Å². The molecule has 0 spiro atoms. The number of alkyl halides is 1. The minimum absolute atomic E-state index is 0.153. The van der Waals surface area contributed by atoms with Gasteiger partial charge in [0.2, 0.25) is 0 Å². The quantitative estimate of drug-likeness (QED) is 0.322. The predicted molar refractivity (Wildman–Crippen MR) is 139 cm³/mol. The number of piperidine rings is 1. The Morgan fingerprint density at radius 2 is 2.11 bits per heavy atom. The summed E-state index contributed by atoms with van der Waals surface area (Å²) in [6, 6.07) is 9.24. The topological polar surface area (TPSA) is 88.4 Å². The summed E-state index contributed by atoms with van der Waals surface area (Å²) >= 11 is 1.75. The van der Waals surface area contributed by atoms with Crippen LogP contribution in [0.4, 0.5) is 4.39 Å². The van der Waals surface area contributed by atoms with Crippen molar-refractivity contribution in [1.82, 2.24) is 20.1 Å². The summed E-state index contributed by atoms with van der Waals surface area (Å²) < 4.78 is 20.8. The molecule has 192 valence electrons. The number of pyridine rings is 1. The standard InChI is InChI=1S/C27H33FN4O3S/c1-35-21-4-6-26-24(16-21)23(9-11-29-26)25(28)5-2-19-10-13-32(18-20(19)3-7-27(33)34)14-15-36-22-8-12-30-31-17-22/h4,6,8-9,11-12,16-17,19-20,25H,2-3,5,7,10,13-15,18H2,1H3,(H,33,34)/t19?,20?,25-/m0/s1. The van der Waals surface area contributed by atoms with Crippen molar-refractivity contribution >= 4 is 28.6 Å². The van der Waals surface area contributed by atoms with Gasteiger partial charge in [0, 0.05) is 41.7 Å². The summed E-state index contributed by atoms with van der Waals surface area (Å²) in [5.41, 5.74) is 1.39. The summed E-state index contributed by atoms with van der Waals surface area (Å²) in [6.07, 6.45) is 6.91. The molecule has 3 aromatic rings. The number of benzene rings is 1. The van der Waals surface area contributed by atoms with Crippen LogP contribution in [0, 0.1) is 11.8 Å². The number of rotatable bonds is 12. The van der Waals surface area contributed by atoms with Crippen molar-refractivity contribution in [3.63, 3.8) is 0 Å². The molecule has 36 heavy (non-hydrogen) atoms. The number of methoxy groups -OCH3 is 1. The van der Waals surface area contributed by atoms with E-state index in [4.69, 9.17) is 4.74 Å². The van der Waals surface area contributed by atoms with Gasteiger partial charge in [-0.3, -0.25) is 9.78 Å². The molecule has 0 bridgehead atoms. The molecule has 3 heterocycles. The summed E-state index contributed by atoms with van der Waals surface area (Å²) in [7, 11) is 1.60. The van der Waals surface area contributed by atoms with Crippen LogP contribution in [-0.4, -0.2) is 63.7 Å². The van der Waals surface area contributed by atoms with Gasteiger partial charge in [0.25, 0.3) is 0 Å². The van der Waals surface area contributed by atoms with Crippen LogP contribution in [0.3, 0.4) is 0 Å². The Balaban J connectivity index is 1.35. The van der Waals surface area contributed by atoms with Crippen molar-refractivity contribution in [2.24, 2.45) is 11.8 Å². The van der Waals surface area contributed by atoms with Gasteiger partial charge in [-0.2, -0.15) is 10.2 Å². The number of nitrogens with zero attached hydrogens (tertiary/aromatic N) is 4. The molecule has 2 unspecified atom stereocenters.